The van der Waals surface area contributed by atoms with E-state index in [9.17, 15) is 4.79 Å². The predicted molar refractivity (Wildman–Crippen MR) is 85.6 cm³/mol. The van der Waals surface area contributed by atoms with Crippen LogP contribution < -0.4 is 5.73 Å². The van der Waals surface area contributed by atoms with E-state index < -0.39 is 0 Å². The molecule has 0 spiro atoms. The Morgan fingerprint density at radius 1 is 0.810 bits per heavy atom. The van der Waals surface area contributed by atoms with Crippen LogP contribution in [-0.4, -0.2) is 5.78 Å². The minimum absolute atomic E-state index is 0.0397. The first-order chi connectivity index (χ1) is 10.3. The number of carbonyl (C=O) groups excluding carboxylic acids is 1. The molecule has 0 bridgehead atoms. The molecule has 2 N–H and O–H groups in total. The summed E-state index contributed by atoms with van der Waals surface area (Å²) in [5, 5.41) is 2.12. The van der Waals surface area contributed by atoms with Crippen LogP contribution in [0.3, 0.4) is 0 Å². The molecule has 0 radical (unpaired) electrons. The molecule has 0 aliphatic heterocycles. The Hall–Kier alpha value is -2.61. The predicted octanol–water partition coefficient (Wildman–Crippen LogP) is 3.75. The summed E-state index contributed by atoms with van der Waals surface area (Å²) in [6.45, 7) is 0. The number of hydrogen-bond acceptors (Lipinski definition) is 2. The molecule has 3 aromatic carbocycles. The smallest absolute Gasteiger partial charge is 0.193 e. The van der Waals surface area contributed by atoms with Crippen LogP contribution in [-0.2, 0) is 12.8 Å². The van der Waals surface area contributed by atoms with Crippen LogP contribution in [0.2, 0.25) is 0 Å². The standard InChI is InChI=1S/C19H15NO/c20-16-11-9-13-7-6-12-8-10-15(18(16)17(12)13)19(21)14-4-2-1-3-5-14/h1-5,8-11H,6-7,20H2. The molecule has 0 amide bonds. The van der Waals surface area contributed by atoms with Gasteiger partial charge < -0.3 is 5.73 Å². The molecule has 3 aromatic rings. The second kappa shape index (κ2) is 4.45. The number of carbonyl (C=O) groups is 1. The zero-order valence-corrected chi connectivity index (χ0v) is 11.6. The SMILES string of the molecule is Nc1ccc2c3c(ccc(C(=O)c4ccccc4)c13)CC2. The topological polar surface area (TPSA) is 43.1 Å². The number of hydrogen-bond donors (Lipinski definition) is 1. The Morgan fingerprint density at radius 2 is 1.48 bits per heavy atom. The maximum atomic E-state index is 12.8. The van der Waals surface area contributed by atoms with E-state index in [0.29, 0.717) is 16.8 Å². The highest BCUT2D eigenvalue weighted by molar-refractivity contribution is 6.20. The Bertz CT molecular complexity index is 855. The van der Waals surface area contributed by atoms with Crippen molar-refractivity contribution in [2.45, 2.75) is 12.8 Å². The first-order valence-electron chi connectivity index (χ1n) is 7.18. The molecule has 1 aliphatic rings. The Balaban J connectivity index is 2.01. The number of aryl methyl sites for hydroxylation is 2. The molecule has 0 aromatic heterocycles. The van der Waals surface area contributed by atoms with E-state index in [4.69, 9.17) is 5.73 Å². The molecule has 0 saturated heterocycles. The van der Waals surface area contributed by atoms with E-state index in [0.717, 1.165) is 18.2 Å². The van der Waals surface area contributed by atoms with Crippen molar-refractivity contribution in [1.82, 2.24) is 0 Å². The molecule has 0 saturated carbocycles. The zero-order valence-electron chi connectivity index (χ0n) is 11.6. The lowest BCUT2D eigenvalue weighted by atomic mass is 9.93. The Kier molecular flexibility index (Phi) is 2.58. The van der Waals surface area contributed by atoms with Crippen molar-refractivity contribution in [3.05, 3.63) is 76.9 Å². The normalized spacial score (nSPS) is 12.8. The summed E-state index contributed by atoms with van der Waals surface area (Å²) in [5.41, 5.74) is 10.9. The third-order valence-electron chi connectivity index (χ3n) is 4.31. The van der Waals surface area contributed by atoms with Crippen molar-refractivity contribution >= 4 is 22.2 Å². The third kappa shape index (κ3) is 1.76. The summed E-state index contributed by atoms with van der Waals surface area (Å²) in [4.78, 5) is 12.8. The number of nitrogen functional groups attached to an aromatic ring is 1. The zero-order chi connectivity index (χ0) is 14.4. The molecular weight excluding hydrogens is 258 g/mol. The van der Waals surface area contributed by atoms with Crippen molar-refractivity contribution in [2.24, 2.45) is 0 Å². The summed E-state index contributed by atoms with van der Waals surface area (Å²) >= 11 is 0. The van der Waals surface area contributed by atoms with Crippen molar-refractivity contribution in [3.8, 4) is 0 Å². The molecule has 0 unspecified atom stereocenters. The third-order valence-corrected chi connectivity index (χ3v) is 4.31. The second-order valence-corrected chi connectivity index (χ2v) is 5.53. The fourth-order valence-corrected chi connectivity index (χ4v) is 3.29. The fourth-order valence-electron chi connectivity index (χ4n) is 3.29. The van der Waals surface area contributed by atoms with Gasteiger partial charge in [0.15, 0.2) is 5.78 Å². The number of nitrogens with two attached hydrogens (primary N) is 1. The maximum Gasteiger partial charge on any atom is 0.193 e. The van der Waals surface area contributed by atoms with Crippen molar-refractivity contribution in [3.63, 3.8) is 0 Å². The molecule has 0 heterocycles. The largest absolute Gasteiger partial charge is 0.398 e. The lowest BCUT2D eigenvalue weighted by Crippen LogP contribution is -2.04. The van der Waals surface area contributed by atoms with Gasteiger partial charge in [0, 0.05) is 22.2 Å². The van der Waals surface area contributed by atoms with Crippen molar-refractivity contribution in [2.75, 3.05) is 5.73 Å². The molecule has 0 fully saturated rings. The highest BCUT2D eigenvalue weighted by Crippen LogP contribution is 2.36. The van der Waals surface area contributed by atoms with Gasteiger partial charge in [0.05, 0.1) is 0 Å². The van der Waals surface area contributed by atoms with Crippen LogP contribution in [0.1, 0.15) is 27.0 Å². The van der Waals surface area contributed by atoms with Crippen molar-refractivity contribution in [1.29, 1.82) is 0 Å². The number of benzene rings is 3. The summed E-state index contributed by atoms with van der Waals surface area (Å²) in [6.07, 6.45) is 2.07. The van der Waals surface area contributed by atoms with Gasteiger partial charge in [0.2, 0.25) is 0 Å². The minimum Gasteiger partial charge on any atom is -0.398 e. The minimum atomic E-state index is 0.0397. The number of ketones is 1. The molecule has 0 atom stereocenters. The average molecular weight is 273 g/mol. The molecule has 2 nitrogen and oxygen atoms in total. The lowest BCUT2D eigenvalue weighted by molar-refractivity contribution is 0.104. The Labute approximate surface area is 123 Å². The van der Waals surface area contributed by atoms with Crippen LogP contribution in [0.5, 0.6) is 0 Å². The van der Waals surface area contributed by atoms with E-state index in [1.54, 1.807) is 0 Å². The second-order valence-electron chi connectivity index (χ2n) is 5.53. The Morgan fingerprint density at radius 3 is 2.19 bits per heavy atom. The van der Waals surface area contributed by atoms with Gasteiger partial charge in [-0.3, -0.25) is 4.79 Å². The van der Waals surface area contributed by atoms with E-state index in [2.05, 4.69) is 12.1 Å². The van der Waals surface area contributed by atoms with Gasteiger partial charge in [0.1, 0.15) is 0 Å². The van der Waals surface area contributed by atoms with Gasteiger partial charge in [-0.15, -0.1) is 0 Å². The van der Waals surface area contributed by atoms with Gasteiger partial charge in [0.25, 0.3) is 0 Å². The van der Waals surface area contributed by atoms with E-state index in [1.807, 2.05) is 42.5 Å². The van der Waals surface area contributed by atoms with Gasteiger partial charge in [-0.2, -0.15) is 0 Å². The van der Waals surface area contributed by atoms with Gasteiger partial charge >= 0.3 is 0 Å². The first kappa shape index (κ1) is 12.2. The number of anilines is 1. The summed E-state index contributed by atoms with van der Waals surface area (Å²) < 4.78 is 0. The molecule has 102 valence electrons. The molecule has 2 heteroatoms. The summed E-state index contributed by atoms with van der Waals surface area (Å²) in [6, 6.07) is 17.4. The highest BCUT2D eigenvalue weighted by Gasteiger charge is 2.21. The van der Waals surface area contributed by atoms with Gasteiger partial charge in [-0.25, -0.2) is 0 Å². The van der Waals surface area contributed by atoms with Gasteiger partial charge in [-0.05, 0) is 35.4 Å². The van der Waals surface area contributed by atoms with Crippen LogP contribution in [0.4, 0.5) is 5.69 Å². The van der Waals surface area contributed by atoms with Crippen LogP contribution in [0.25, 0.3) is 10.8 Å². The first-order valence-corrected chi connectivity index (χ1v) is 7.18. The maximum absolute atomic E-state index is 12.8. The van der Waals surface area contributed by atoms with E-state index in [-0.39, 0.29) is 5.78 Å². The van der Waals surface area contributed by atoms with Gasteiger partial charge in [-0.1, -0.05) is 48.5 Å². The van der Waals surface area contributed by atoms with E-state index in [1.165, 1.54) is 16.5 Å². The quantitative estimate of drug-likeness (QED) is 0.571. The van der Waals surface area contributed by atoms with Crippen LogP contribution in [0.15, 0.2) is 54.6 Å². The van der Waals surface area contributed by atoms with Crippen molar-refractivity contribution < 1.29 is 4.79 Å². The lowest BCUT2D eigenvalue weighted by Gasteiger charge is -2.11. The van der Waals surface area contributed by atoms with Crippen LogP contribution in [0, 0.1) is 0 Å². The molecular formula is C19H15NO. The van der Waals surface area contributed by atoms with E-state index >= 15 is 0 Å². The number of rotatable bonds is 2. The summed E-state index contributed by atoms with van der Waals surface area (Å²) in [7, 11) is 0. The molecule has 4 rings (SSSR count). The molecule has 1 aliphatic carbocycles. The fraction of sp³-hybridized carbons (Fsp3) is 0.105. The monoisotopic (exact) mass is 273 g/mol. The highest BCUT2D eigenvalue weighted by atomic mass is 16.1. The molecule has 21 heavy (non-hydrogen) atoms. The summed E-state index contributed by atoms with van der Waals surface area (Å²) in [5.74, 6) is 0.0397. The average Bonchev–Trinajstić information content (AvgIpc) is 2.95. The van der Waals surface area contributed by atoms with Crippen LogP contribution >= 0.6 is 0 Å².